The maximum Gasteiger partial charge on any atom is 0.163 e. The van der Waals surface area contributed by atoms with Gasteiger partial charge in [-0.05, 0) is 28.9 Å². The summed E-state index contributed by atoms with van der Waals surface area (Å²) in [6.07, 6.45) is -0.648. The highest BCUT2D eigenvalue weighted by atomic mass is 32.1. The van der Waals surface area contributed by atoms with Crippen LogP contribution >= 0.6 is 12.2 Å². The zero-order valence-corrected chi connectivity index (χ0v) is 11.2. The number of aliphatic hydroxyl groups is 1. The van der Waals surface area contributed by atoms with Crippen molar-refractivity contribution in [3.05, 3.63) is 71.3 Å². The van der Waals surface area contributed by atoms with Gasteiger partial charge in [0.25, 0.3) is 0 Å². The molecule has 19 heavy (non-hydrogen) atoms. The van der Waals surface area contributed by atoms with E-state index in [0.717, 1.165) is 16.7 Å². The second-order valence-corrected chi connectivity index (χ2v) is 4.67. The first kappa shape index (κ1) is 13.5. The Morgan fingerprint density at radius 2 is 1.74 bits per heavy atom. The van der Waals surface area contributed by atoms with Gasteiger partial charge in [0.15, 0.2) is 5.11 Å². The standard InChI is InChI=1S/C15H16N2OS/c16-15(19)17-10-12-8-4-5-9-13(12)14(18)11-6-2-1-3-7-11/h1-9,14,18H,10H2,(H3,16,17,19)/t14-/m1/s1. The molecule has 0 saturated carbocycles. The number of thiocarbonyl (C=S) groups is 1. The third kappa shape index (κ3) is 3.53. The Bertz CT molecular complexity index is 557. The summed E-state index contributed by atoms with van der Waals surface area (Å²) < 4.78 is 0. The van der Waals surface area contributed by atoms with E-state index < -0.39 is 6.10 Å². The molecule has 4 N–H and O–H groups in total. The van der Waals surface area contributed by atoms with Crippen molar-refractivity contribution in [3.8, 4) is 0 Å². The molecule has 0 aliphatic rings. The Labute approximate surface area is 118 Å². The molecule has 0 aliphatic carbocycles. The quantitative estimate of drug-likeness (QED) is 0.746. The lowest BCUT2D eigenvalue weighted by molar-refractivity contribution is 0.219. The molecule has 2 aromatic carbocycles. The molecule has 0 saturated heterocycles. The topological polar surface area (TPSA) is 58.3 Å². The van der Waals surface area contributed by atoms with Crippen LogP contribution in [0.5, 0.6) is 0 Å². The van der Waals surface area contributed by atoms with Crippen molar-refractivity contribution < 1.29 is 5.11 Å². The van der Waals surface area contributed by atoms with Crippen LogP contribution in [-0.2, 0) is 6.54 Å². The lowest BCUT2D eigenvalue weighted by Gasteiger charge is -2.16. The van der Waals surface area contributed by atoms with Crippen LogP contribution in [0.3, 0.4) is 0 Å². The van der Waals surface area contributed by atoms with Crippen LogP contribution < -0.4 is 11.1 Å². The lowest BCUT2D eigenvalue weighted by Crippen LogP contribution is -2.28. The molecule has 2 aromatic rings. The molecule has 0 heterocycles. The molecule has 4 heteroatoms. The second-order valence-electron chi connectivity index (χ2n) is 4.23. The van der Waals surface area contributed by atoms with Gasteiger partial charge < -0.3 is 16.2 Å². The molecule has 3 nitrogen and oxygen atoms in total. The zero-order valence-electron chi connectivity index (χ0n) is 10.4. The number of hydrogen-bond donors (Lipinski definition) is 3. The summed E-state index contributed by atoms with van der Waals surface area (Å²) in [5.41, 5.74) is 8.14. The van der Waals surface area contributed by atoms with Gasteiger partial charge in [0.1, 0.15) is 6.10 Å². The van der Waals surface area contributed by atoms with Crippen molar-refractivity contribution in [1.82, 2.24) is 5.32 Å². The van der Waals surface area contributed by atoms with Gasteiger partial charge in [0.05, 0.1) is 0 Å². The number of aliphatic hydroxyl groups excluding tert-OH is 1. The molecule has 0 radical (unpaired) electrons. The predicted octanol–water partition coefficient (Wildman–Crippen LogP) is 2.10. The third-order valence-electron chi connectivity index (χ3n) is 2.92. The first-order valence-electron chi connectivity index (χ1n) is 6.02. The molecule has 0 aromatic heterocycles. The average Bonchev–Trinajstić information content (AvgIpc) is 2.45. The Morgan fingerprint density at radius 3 is 2.42 bits per heavy atom. The van der Waals surface area contributed by atoms with Crippen LogP contribution in [0.25, 0.3) is 0 Å². The normalized spacial score (nSPS) is 11.8. The minimum atomic E-state index is -0.648. The molecular formula is C15H16N2OS. The van der Waals surface area contributed by atoms with E-state index in [0.29, 0.717) is 6.54 Å². The van der Waals surface area contributed by atoms with Crippen LogP contribution in [0, 0.1) is 0 Å². The molecule has 0 bridgehead atoms. The molecule has 98 valence electrons. The highest BCUT2D eigenvalue weighted by Crippen LogP contribution is 2.24. The fourth-order valence-corrected chi connectivity index (χ4v) is 2.03. The van der Waals surface area contributed by atoms with Crippen molar-refractivity contribution in [3.63, 3.8) is 0 Å². The first-order chi connectivity index (χ1) is 9.18. The first-order valence-corrected chi connectivity index (χ1v) is 6.43. The van der Waals surface area contributed by atoms with Gasteiger partial charge in [0, 0.05) is 6.54 Å². The van der Waals surface area contributed by atoms with Gasteiger partial charge in [-0.15, -0.1) is 0 Å². The summed E-state index contributed by atoms with van der Waals surface area (Å²) in [4.78, 5) is 0. The third-order valence-corrected chi connectivity index (χ3v) is 3.06. The average molecular weight is 272 g/mol. The molecule has 2 rings (SSSR count). The SMILES string of the molecule is NC(=S)NCc1ccccc1[C@H](O)c1ccccc1. The fourth-order valence-electron chi connectivity index (χ4n) is 1.96. The summed E-state index contributed by atoms with van der Waals surface area (Å²) in [6, 6.07) is 17.3. The molecule has 0 aliphatic heterocycles. The van der Waals surface area contributed by atoms with Gasteiger partial charge in [-0.1, -0.05) is 54.6 Å². The van der Waals surface area contributed by atoms with Crippen molar-refractivity contribution in [2.24, 2.45) is 5.73 Å². The highest BCUT2D eigenvalue weighted by Gasteiger charge is 2.13. The Kier molecular flexibility index (Phi) is 4.49. The molecule has 0 fully saturated rings. The summed E-state index contributed by atoms with van der Waals surface area (Å²) in [7, 11) is 0. The van der Waals surface area contributed by atoms with E-state index in [4.69, 9.17) is 18.0 Å². The summed E-state index contributed by atoms with van der Waals surface area (Å²) in [5.74, 6) is 0. The zero-order chi connectivity index (χ0) is 13.7. The van der Waals surface area contributed by atoms with E-state index in [1.165, 1.54) is 0 Å². The van der Waals surface area contributed by atoms with Crippen LogP contribution in [0.15, 0.2) is 54.6 Å². The predicted molar refractivity (Wildman–Crippen MR) is 80.6 cm³/mol. The van der Waals surface area contributed by atoms with Crippen molar-refractivity contribution in [2.45, 2.75) is 12.6 Å². The van der Waals surface area contributed by atoms with E-state index in [-0.39, 0.29) is 5.11 Å². The van der Waals surface area contributed by atoms with E-state index in [9.17, 15) is 5.11 Å². The number of benzene rings is 2. The Morgan fingerprint density at radius 1 is 1.11 bits per heavy atom. The van der Waals surface area contributed by atoms with Gasteiger partial charge in [-0.3, -0.25) is 0 Å². The van der Waals surface area contributed by atoms with E-state index in [2.05, 4.69) is 5.32 Å². The smallest absolute Gasteiger partial charge is 0.163 e. The van der Waals surface area contributed by atoms with Crippen LogP contribution in [-0.4, -0.2) is 10.2 Å². The summed E-state index contributed by atoms with van der Waals surface area (Å²) in [5, 5.41) is 13.6. The van der Waals surface area contributed by atoms with Crippen LogP contribution in [0.1, 0.15) is 22.8 Å². The maximum atomic E-state index is 10.4. The number of nitrogens with two attached hydrogens (primary N) is 1. The number of hydrogen-bond acceptors (Lipinski definition) is 2. The fraction of sp³-hybridized carbons (Fsp3) is 0.133. The summed E-state index contributed by atoms with van der Waals surface area (Å²) >= 11 is 4.80. The highest BCUT2D eigenvalue weighted by molar-refractivity contribution is 7.80. The van der Waals surface area contributed by atoms with Crippen LogP contribution in [0.2, 0.25) is 0 Å². The number of nitrogens with one attached hydrogen (secondary N) is 1. The van der Waals surface area contributed by atoms with Crippen molar-refractivity contribution in [1.29, 1.82) is 0 Å². The minimum absolute atomic E-state index is 0.254. The number of rotatable bonds is 4. The molecule has 0 unspecified atom stereocenters. The Balaban J connectivity index is 2.26. The van der Waals surface area contributed by atoms with E-state index in [1.807, 2.05) is 54.6 Å². The van der Waals surface area contributed by atoms with Crippen LogP contribution in [0.4, 0.5) is 0 Å². The van der Waals surface area contributed by atoms with Crippen molar-refractivity contribution in [2.75, 3.05) is 0 Å². The summed E-state index contributed by atoms with van der Waals surface area (Å²) in [6.45, 7) is 0.509. The largest absolute Gasteiger partial charge is 0.384 e. The van der Waals surface area contributed by atoms with Gasteiger partial charge >= 0.3 is 0 Å². The van der Waals surface area contributed by atoms with Gasteiger partial charge in [-0.25, -0.2) is 0 Å². The van der Waals surface area contributed by atoms with Gasteiger partial charge in [0.2, 0.25) is 0 Å². The molecule has 0 amide bonds. The molecule has 1 atom stereocenters. The lowest BCUT2D eigenvalue weighted by atomic mass is 9.97. The molecular weight excluding hydrogens is 256 g/mol. The Hall–Kier alpha value is -1.91. The second kappa shape index (κ2) is 6.31. The van der Waals surface area contributed by atoms with Gasteiger partial charge in [-0.2, -0.15) is 0 Å². The molecule has 0 spiro atoms. The van der Waals surface area contributed by atoms with E-state index >= 15 is 0 Å². The minimum Gasteiger partial charge on any atom is -0.384 e. The maximum absolute atomic E-state index is 10.4. The van der Waals surface area contributed by atoms with E-state index in [1.54, 1.807) is 0 Å². The van der Waals surface area contributed by atoms with Crippen molar-refractivity contribution >= 4 is 17.3 Å². The monoisotopic (exact) mass is 272 g/mol.